The van der Waals surface area contributed by atoms with Crippen molar-refractivity contribution in [3.05, 3.63) is 0 Å². The summed E-state index contributed by atoms with van der Waals surface area (Å²) in [5.74, 6) is 0.597. The van der Waals surface area contributed by atoms with Crippen molar-refractivity contribution in [2.24, 2.45) is 5.92 Å². The summed E-state index contributed by atoms with van der Waals surface area (Å²) in [5.41, 5.74) is -0.723. The summed E-state index contributed by atoms with van der Waals surface area (Å²) in [6.45, 7) is 7.39. The average molecular weight is 297 g/mol. The van der Waals surface area contributed by atoms with Gasteiger partial charge in [-0.3, -0.25) is 0 Å². The molecule has 0 aromatic rings. The minimum Gasteiger partial charge on any atom is -0.444 e. The van der Waals surface area contributed by atoms with Crippen LogP contribution in [0.1, 0.15) is 72.1 Å². The highest BCUT2D eigenvalue weighted by Crippen LogP contribution is 2.40. The van der Waals surface area contributed by atoms with Crippen molar-refractivity contribution in [3.8, 4) is 0 Å². The highest BCUT2D eigenvalue weighted by molar-refractivity contribution is 5.68. The molecule has 1 unspecified atom stereocenters. The Bertz CT molecular complexity index is 358. The fraction of sp³-hybridized carbons (Fsp3) is 0.941. The monoisotopic (exact) mass is 297 g/mol. The van der Waals surface area contributed by atoms with Crippen molar-refractivity contribution in [2.45, 2.75) is 83.3 Å². The molecule has 122 valence electrons. The van der Waals surface area contributed by atoms with Gasteiger partial charge in [0, 0.05) is 13.1 Å². The summed E-state index contributed by atoms with van der Waals surface area (Å²) in [6.07, 6.45) is 8.49. The molecule has 1 saturated carbocycles. The fourth-order valence-corrected chi connectivity index (χ4v) is 3.07. The van der Waals surface area contributed by atoms with Crippen LogP contribution in [0.2, 0.25) is 0 Å². The average Bonchev–Trinajstić information content (AvgIpc) is 3.12. The fourth-order valence-electron chi connectivity index (χ4n) is 3.07. The zero-order valence-electron chi connectivity index (χ0n) is 13.9. The van der Waals surface area contributed by atoms with Crippen molar-refractivity contribution in [1.82, 2.24) is 4.90 Å². The molecular formula is C17H31NO3. The van der Waals surface area contributed by atoms with Crippen LogP contribution in [-0.4, -0.2) is 40.4 Å². The Morgan fingerprint density at radius 2 is 2.05 bits per heavy atom. The molecule has 2 rings (SSSR count). The van der Waals surface area contributed by atoms with Crippen LogP contribution in [-0.2, 0) is 4.74 Å². The molecule has 0 aromatic carbocycles. The number of nitrogens with zero attached hydrogens (tertiary/aromatic N) is 1. The molecule has 4 nitrogen and oxygen atoms in total. The van der Waals surface area contributed by atoms with E-state index in [1.54, 1.807) is 0 Å². The second-order valence-corrected chi connectivity index (χ2v) is 7.90. The first-order valence-corrected chi connectivity index (χ1v) is 8.48. The quantitative estimate of drug-likeness (QED) is 0.787. The van der Waals surface area contributed by atoms with Gasteiger partial charge in [0.1, 0.15) is 5.60 Å². The molecule has 4 heteroatoms. The minimum absolute atomic E-state index is 0.167. The Morgan fingerprint density at radius 3 is 2.67 bits per heavy atom. The first-order valence-electron chi connectivity index (χ1n) is 8.48. The Morgan fingerprint density at radius 1 is 1.33 bits per heavy atom. The molecule has 0 aromatic heterocycles. The number of rotatable bonds is 5. The highest BCUT2D eigenvalue weighted by atomic mass is 16.6. The second kappa shape index (κ2) is 6.55. The predicted molar refractivity (Wildman–Crippen MR) is 83.2 cm³/mol. The molecule has 0 spiro atoms. The smallest absolute Gasteiger partial charge is 0.410 e. The van der Waals surface area contributed by atoms with Crippen molar-refractivity contribution >= 4 is 6.09 Å². The van der Waals surface area contributed by atoms with Crippen LogP contribution < -0.4 is 0 Å². The lowest BCUT2D eigenvalue weighted by molar-refractivity contribution is 0.0160. The summed E-state index contributed by atoms with van der Waals surface area (Å²) >= 11 is 0. The Balaban J connectivity index is 1.66. The summed E-state index contributed by atoms with van der Waals surface area (Å²) in [5, 5.41) is 9.82. The van der Waals surface area contributed by atoms with Gasteiger partial charge in [-0.15, -0.1) is 0 Å². The number of unbranched alkanes of at least 4 members (excludes halogenated alkanes) is 1. The number of carbonyl (C=O) groups is 1. The lowest BCUT2D eigenvalue weighted by atomic mass is 9.92. The van der Waals surface area contributed by atoms with E-state index in [2.05, 4.69) is 0 Å². The summed E-state index contributed by atoms with van der Waals surface area (Å²) < 4.78 is 5.46. The van der Waals surface area contributed by atoms with E-state index in [0.717, 1.165) is 58.0 Å². The number of carbonyl (C=O) groups excluding carboxylic acids is 1. The van der Waals surface area contributed by atoms with E-state index in [9.17, 15) is 9.90 Å². The summed E-state index contributed by atoms with van der Waals surface area (Å²) in [7, 11) is 0. The third-order valence-electron chi connectivity index (χ3n) is 4.50. The number of ether oxygens (including phenoxy) is 1. The lowest BCUT2D eigenvalue weighted by Crippen LogP contribution is -2.42. The van der Waals surface area contributed by atoms with Crippen molar-refractivity contribution in [3.63, 3.8) is 0 Å². The van der Waals surface area contributed by atoms with Gasteiger partial charge < -0.3 is 14.7 Å². The second-order valence-electron chi connectivity index (χ2n) is 7.90. The largest absolute Gasteiger partial charge is 0.444 e. The van der Waals surface area contributed by atoms with E-state index in [4.69, 9.17) is 4.74 Å². The van der Waals surface area contributed by atoms with Gasteiger partial charge in [-0.25, -0.2) is 4.79 Å². The van der Waals surface area contributed by atoms with E-state index in [0.29, 0.717) is 5.92 Å². The molecule has 1 atom stereocenters. The first kappa shape index (κ1) is 16.6. The van der Waals surface area contributed by atoms with Crippen LogP contribution in [0.15, 0.2) is 0 Å². The first-order chi connectivity index (χ1) is 9.77. The van der Waals surface area contributed by atoms with Crippen molar-refractivity contribution < 1.29 is 14.6 Å². The molecule has 1 aliphatic heterocycles. The third-order valence-corrected chi connectivity index (χ3v) is 4.50. The van der Waals surface area contributed by atoms with Gasteiger partial charge in [-0.05, 0) is 65.2 Å². The standard InChI is InChI=1S/C17H31NO3/c1-16(2,3)21-15(19)18-12-6-8-14(13-18)7-4-5-9-17(20)10-11-17/h14,20H,4-13H2,1-3H3. The van der Waals surface area contributed by atoms with Crippen molar-refractivity contribution in [1.29, 1.82) is 0 Å². The molecule has 1 N–H and O–H groups in total. The summed E-state index contributed by atoms with van der Waals surface area (Å²) in [6, 6.07) is 0. The number of piperidine rings is 1. The SMILES string of the molecule is CC(C)(C)OC(=O)N1CCCC(CCCCC2(O)CC2)C1. The van der Waals surface area contributed by atoms with Gasteiger partial charge in [0.15, 0.2) is 0 Å². The Kier molecular flexibility index (Phi) is 5.18. The van der Waals surface area contributed by atoms with Crippen LogP contribution in [0.4, 0.5) is 4.79 Å². The van der Waals surface area contributed by atoms with Gasteiger partial charge in [-0.2, -0.15) is 0 Å². The van der Waals surface area contributed by atoms with Gasteiger partial charge in [-0.1, -0.05) is 12.8 Å². The molecule has 1 aliphatic carbocycles. The molecule has 21 heavy (non-hydrogen) atoms. The predicted octanol–water partition coefficient (Wildman–Crippen LogP) is 3.72. The summed E-state index contributed by atoms with van der Waals surface area (Å²) in [4.78, 5) is 14.0. The number of hydrogen-bond acceptors (Lipinski definition) is 3. The van der Waals surface area contributed by atoms with Crippen LogP contribution >= 0.6 is 0 Å². The molecular weight excluding hydrogens is 266 g/mol. The molecule has 1 saturated heterocycles. The number of amides is 1. The molecule has 0 radical (unpaired) electrons. The maximum absolute atomic E-state index is 12.1. The molecule has 2 aliphatic rings. The Labute approximate surface area is 128 Å². The molecule has 1 heterocycles. The maximum Gasteiger partial charge on any atom is 0.410 e. The third kappa shape index (κ3) is 5.85. The van der Waals surface area contributed by atoms with Crippen molar-refractivity contribution in [2.75, 3.05) is 13.1 Å². The normalized spacial score (nSPS) is 24.8. The number of likely N-dealkylation sites (tertiary alicyclic amines) is 1. The maximum atomic E-state index is 12.1. The van der Waals surface area contributed by atoms with Crippen LogP contribution in [0, 0.1) is 5.92 Å². The Hall–Kier alpha value is -0.770. The highest BCUT2D eigenvalue weighted by Gasteiger charge is 2.39. The van der Waals surface area contributed by atoms with Crippen LogP contribution in [0.5, 0.6) is 0 Å². The van der Waals surface area contributed by atoms with Gasteiger partial charge in [0.05, 0.1) is 5.60 Å². The van der Waals surface area contributed by atoms with E-state index in [-0.39, 0.29) is 11.7 Å². The van der Waals surface area contributed by atoms with E-state index in [1.165, 1.54) is 6.42 Å². The van der Waals surface area contributed by atoms with E-state index >= 15 is 0 Å². The zero-order chi connectivity index (χ0) is 15.5. The molecule has 2 fully saturated rings. The number of hydrogen-bond donors (Lipinski definition) is 1. The van der Waals surface area contributed by atoms with E-state index < -0.39 is 5.60 Å². The molecule has 1 amide bonds. The van der Waals surface area contributed by atoms with Gasteiger partial charge >= 0.3 is 6.09 Å². The van der Waals surface area contributed by atoms with Gasteiger partial charge in [0.2, 0.25) is 0 Å². The van der Waals surface area contributed by atoms with E-state index in [1.807, 2.05) is 25.7 Å². The lowest BCUT2D eigenvalue weighted by Gasteiger charge is -2.34. The molecule has 0 bridgehead atoms. The topological polar surface area (TPSA) is 49.8 Å². The van der Waals surface area contributed by atoms with Crippen LogP contribution in [0.3, 0.4) is 0 Å². The van der Waals surface area contributed by atoms with Gasteiger partial charge in [0.25, 0.3) is 0 Å². The minimum atomic E-state index is -0.413. The zero-order valence-corrected chi connectivity index (χ0v) is 13.9. The number of aliphatic hydroxyl groups is 1. The van der Waals surface area contributed by atoms with Crippen LogP contribution in [0.25, 0.3) is 0 Å².